The maximum absolute atomic E-state index is 11.9. The second-order valence-electron chi connectivity index (χ2n) is 5.14. The fraction of sp³-hybridized carbons (Fsp3) is 0.900. The maximum atomic E-state index is 11.9. The number of nitrogens with one attached hydrogen (secondary N) is 1. The van der Waals surface area contributed by atoms with Crippen molar-refractivity contribution in [2.24, 2.45) is 11.8 Å². The van der Waals surface area contributed by atoms with Crippen LogP contribution in [0.4, 0.5) is 0 Å². The normalized spacial score (nSPS) is 34.1. The van der Waals surface area contributed by atoms with E-state index in [0.29, 0.717) is 11.8 Å². The molecule has 1 N–H and O–H groups in total. The monoisotopic (exact) mass is 182 g/mol. The highest BCUT2D eigenvalue weighted by molar-refractivity contribution is 5.82. The molecule has 2 rings (SSSR count). The van der Waals surface area contributed by atoms with E-state index in [2.05, 4.69) is 26.1 Å². The van der Waals surface area contributed by atoms with Gasteiger partial charge in [-0.1, -0.05) is 0 Å². The van der Waals surface area contributed by atoms with Crippen LogP contribution >= 0.6 is 0 Å². The Morgan fingerprint density at radius 3 is 2.62 bits per heavy atom. The Labute approximate surface area is 79.5 Å². The summed E-state index contributed by atoms with van der Waals surface area (Å²) in [6.07, 6.45) is 0. The summed E-state index contributed by atoms with van der Waals surface area (Å²) in [6, 6.07) is 0. The lowest BCUT2D eigenvalue weighted by atomic mass is 10.0. The molecule has 0 spiro atoms. The number of amides is 1. The predicted octanol–water partition coefficient (Wildman–Crippen LogP) is 0.463. The molecular formula is C10H18N2O. The molecule has 0 aromatic carbocycles. The standard InChI is InChI=1S/C10H18N2O/c1-10(2,3)12-6-7-4-11-5-8(7)9(12)13/h7-8,11H,4-6H2,1-3H3/t7-,8-/m1/s1. The van der Waals surface area contributed by atoms with Crippen molar-refractivity contribution in [1.29, 1.82) is 0 Å². The third-order valence-electron chi connectivity index (χ3n) is 3.15. The zero-order valence-electron chi connectivity index (χ0n) is 8.63. The van der Waals surface area contributed by atoms with Crippen molar-refractivity contribution < 1.29 is 4.79 Å². The lowest BCUT2D eigenvalue weighted by Crippen LogP contribution is -2.44. The summed E-state index contributed by atoms with van der Waals surface area (Å²) in [4.78, 5) is 14.0. The fourth-order valence-electron chi connectivity index (χ4n) is 2.34. The second kappa shape index (κ2) is 2.71. The van der Waals surface area contributed by atoms with Gasteiger partial charge in [0.15, 0.2) is 0 Å². The Morgan fingerprint density at radius 1 is 1.38 bits per heavy atom. The highest BCUT2D eigenvalue weighted by Gasteiger charge is 2.46. The summed E-state index contributed by atoms with van der Waals surface area (Å²) in [5.74, 6) is 1.17. The van der Waals surface area contributed by atoms with Gasteiger partial charge in [0, 0.05) is 31.1 Å². The van der Waals surface area contributed by atoms with Crippen LogP contribution in [0.25, 0.3) is 0 Å². The van der Waals surface area contributed by atoms with Gasteiger partial charge < -0.3 is 10.2 Å². The first-order valence-corrected chi connectivity index (χ1v) is 5.02. The molecule has 0 saturated carbocycles. The van der Waals surface area contributed by atoms with E-state index in [1.54, 1.807) is 0 Å². The Bertz CT molecular complexity index is 232. The molecular weight excluding hydrogens is 164 g/mol. The summed E-state index contributed by atoms with van der Waals surface area (Å²) >= 11 is 0. The molecule has 13 heavy (non-hydrogen) atoms. The van der Waals surface area contributed by atoms with Crippen LogP contribution in [0.1, 0.15) is 20.8 Å². The van der Waals surface area contributed by atoms with E-state index in [-0.39, 0.29) is 11.5 Å². The Hall–Kier alpha value is -0.570. The average molecular weight is 182 g/mol. The summed E-state index contributed by atoms with van der Waals surface area (Å²) in [5.41, 5.74) is 0.00141. The summed E-state index contributed by atoms with van der Waals surface area (Å²) in [6.45, 7) is 9.18. The number of nitrogens with zero attached hydrogens (tertiary/aromatic N) is 1. The maximum Gasteiger partial charge on any atom is 0.227 e. The molecule has 0 bridgehead atoms. The second-order valence-corrected chi connectivity index (χ2v) is 5.14. The Balaban J connectivity index is 2.15. The Kier molecular flexibility index (Phi) is 1.88. The summed E-state index contributed by atoms with van der Waals surface area (Å²) < 4.78 is 0. The van der Waals surface area contributed by atoms with Crippen LogP contribution in [0.15, 0.2) is 0 Å². The first kappa shape index (κ1) is 9.00. The van der Waals surface area contributed by atoms with Crippen LogP contribution in [-0.4, -0.2) is 36.0 Å². The van der Waals surface area contributed by atoms with Crippen molar-refractivity contribution >= 4 is 5.91 Å². The molecule has 0 aliphatic carbocycles. The number of carbonyl (C=O) groups is 1. The lowest BCUT2D eigenvalue weighted by molar-refractivity contribution is -0.134. The van der Waals surface area contributed by atoms with Crippen LogP contribution in [0.2, 0.25) is 0 Å². The minimum absolute atomic E-state index is 0.00141. The van der Waals surface area contributed by atoms with E-state index in [0.717, 1.165) is 19.6 Å². The molecule has 2 fully saturated rings. The van der Waals surface area contributed by atoms with Gasteiger partial charge in [0.25, 0.3) is 0 Å². The van der Waals surface area contributed by atoms with Gasteiger partial charge in [-0.05, 0) is 20.8 Å². The predicted molar refractivity (Wildman–Crippen MR) is 51.3 cm³/mol. The molecule has 2 aliphatic rings. The minimum atomic E-state index is 0.00141. The number of fused-ring (bicyclic) bond motifs is 1. The van der Waals surface area contributed by atoms with Crippen molar-refractivity contribution in [3.63, 3.8) is 0 Å². The third kappa shape index (κ3) is 1.35. The van der Waals surface area contributed by atoms with Crippen LogP contribution in [0, 0.1) is 11.8 Å². The van der Waals surface area contributed by atoms with E-state index in [9.17, 15) is 4.79 Å². The van der Waals surface area contributed by atoms with Crippen molar-refractivity contribution in [1.82, 2.24) is 10.2 Å². The molecule has 2 saturated heterocycles. The first-order chi connectivity index (χ1) is 6.00. The van der Waals surface area contributed by atoms with E-state index < -0.39 is 0 Å². The quantitative estimate of drug-likeness (QED) is 0.590. The molecule has 0 aromatic rings. The summed E-state index contributed by atoms with van der Waals surface area (Å²) in [5, 5.41) is 3.28. The van der Waals surface area contributed by atoms with Gasteiger partial charge in [-0.2, -0.15) is 0 Å². The molecule has 2 heterocycles. The largest absolute Gasteiger partial charge is 0.337 e. The van der Waals surface area contributed by atoms with Gasteiger partial charge in [-0.15, -0.1) is 0 Å². The SMILES string of the molecule is CC(C)(C)N1C[C@H]2CNC[C@H]2C1=O. The average Bonchev–Trinajstić information content (AvgIpc) is 2.51. The minimum Gasteiger partial charge on any atom is -0.337 e. The highest BCUT2D eigenvalue weighted by Crippen LogP contribution is 2.32. The first-order valence-electron chi connectivity index (χ1n) is 5.02. The van der Waals surface area contributed by atoms with Gasteiger partial charge in [0.05, 0.1) is 5.92 Å². The molecule has 2 atom stereocenters. The van der Waals surface area contributed by atoms with Gasteiger partial charge in [-0.25, -0.2) is 0 Å². The lowest BCUT2D eigenvalue weighted by Gasteiger charge is -2.32. The fourth-order valence-corrected chi connectivity index (χ4v) is 2.34. The number of hydrogen-bond donors (Lipinski definition) is 1. The third-order valence-corrected chi connectivity index (χ3v) is 3.15. The van der Waals surface area contributed by atoms with Crippen molar-refractivity contribution in [2.75, 3.05) is 19.6 Å². The number of hydrogen-bond acceptors (Lipinski definition) is 2. The molecule has 3 nitrogen and oxygen atoms in total. The van der Waals surface area contributed by atoms with E-state index in [1.165, 1.54) is 0 Å². The molecule has 0 aromatic heterocycles. The highest BCUT2D eigenvalue weighted by atomic mass is 16.2. The number of rotatable bonds is 0. The van der Waals surface area contributed by atoms with E-state index in [1.807, 2.05) is 4.90 Å². The molecule has 74 valence electrons. The topological polar surface area (TPSA) is 32.3 Å². The summed E-state index contributed by atoms with van der Waals surface area (Å²) in [7, 11) is 0. The van der Waals surface area contributed by atoms with Crippen LogP contribution in [0.5, 0.6) is 0 Å². The van der Waals surface area contributed by atoms with Gasteiger partial charge in [-0.3, -0.25) is 4.79 Å². The molecule has 3 heteroatoms. The zero-order valence-corrected chi connectivity index (χ0v) is 8.63. The number of carbonyl (C=O) groups excluding carboxylic acids is 1. The zero-order chi connectivity index (χ0) is 9.64. The molecule has 1 amide bonds. The van der Waals surface area contributed by atoms with Crippen molar-refractivity contribution in [3.05, 3.63) is 0 Å². The van der Waals surface area contributed by atoms with Gasteiger partial charge >= 0.3 is 0 Å². The smallest absolute Gasteiger partial charge is 0.227 e. The van der Waals surface area contributed by atoms with Gasteiger partial charge in [0.1, 0.15) is 0 Å². The molecule has 0 unspecified atom stereocenters. The number of likely N-dealkylation sites (tertiary alicyclic amines) is 1. The van der Waals surface area contributed by atoms with Crippen molar-refractivity contribution in [3.8, 4) is 0 Å². The van der Waals surface area contributed by atoms with Gasteiger partial charge in [0.2, 0.25) is 5.91 Å². The van der Waals surface area contributed by atoms with Crippen LogP contribution < -0.4 is 5.32 Å². The van der Waals surface area contributed by atoms with Crippen LogP contribution in [0.3, 0.4) is 0 Å². The Morgan fingerprint density at radius 2 is 2.08 bits per heavy atom. The van der Waals surface area contributed by atoms with Crippen LogP contribution in [-0.2, 0) is 4.79 Å². The molecule has 2 aliphatic heterocycles. The van der Waals surface area contributed by atoms with Crippen molar-refractivity contribution in [2.45, 2.75) is 26.3 Å². The van der Waals surface area contributed by atoms with E-state index in [4.69, 9.17) is 0 Å². The molecule has 0 radical (unpaired) electrons. The van der Waals surface area contributed by atoms with E-state index >= 15 is 0 Å².